The van der Waals surface area contributed by atoms with E-state index in [0.717, 1.165) is 18.9 Å². The van der Waals surface area contributed by atoms with E-state index >= 15 is 0 Å². The van der Waals surface area contributed by atoms with Crippen LogP contribution in [0.1, 0.15) is 28.9 Å². The van der Waals surface area contributed by atoms with Crippen LogP contribution >= 0.6 is 11.6 Å². The van der Waals surface area contributed by atoms with Gasteiger partial charge in [0.05, 0.1) is 10.5 Å². The van der Waals surface area contributed by atoms with Crippen molar-refractivity contribution in [2.24, 2.45) is 0 Å². The van der Waals surface area contributed by atoms with E-state index in [1.807, 2.05) is 0 Å². The Bertz CT molecular complexity index is 797. The van der Waals surface area contributed by atoms with Crippen LogP contribution in [0.25, 0.3) is 10.9 Å². The molecule has 0 fully saturated rings. The summed E-state index contributed by atoms with van der Waals surface area (Å²) in [5.41, 5.74) is 0.111. The van der Waals surface area contributed by atoms with Crippen molar-refractivity contribution < 1.29 is 14.3 Å². The van der Waals surface area contributed by atoms with Crippen molar-refractivity contribution in [3.8, 4) is 0 Å². The summed E-state index contributed by atoms with van der Waals surface area (Å²) in [6, 6.07) is 2.42. The van der Waals surface area contributed by atoms with Crippen molar-refractivity contribution >= 4 is 28.5 Å². The van der Waals surface area contributed by atoms with E-state index in [2.05, 4.69) is 0 Å². The second-order valence-corrected chi connectivity index (χ2v) is 5.26. The number of carboxylic acid groups (broad SMARTS) is 1. The summed E-state index contributed by atoms with van der Waals surface area (Å²) in [7, 11) is 0. The molecule has 0 saturated carbocycles. The average molecular weight is 296 g/mol. The Kier molecular flexibility index (Phi) is 3.01. The molecule has 2 heterocycles. The molecule has 1 aliphatic rings. The number of halogens is 2. The first-order chi connectivity index (χ1) is 9.50. The van der Waals surface area contributed by atoms with Gasteiger partial charge in [0.2, 0.25) is 5.43 Å². The number of rotatable bonds is 1. The molecular formula is C14H11ClFNO3. The smallest absolute Gasteiger partial charge is 0.341 e. The summed E-state index contributed by atoms with van der Waals surface area (Å²) < 4.78 is 15.3. The molecule has 1 aromatic carbocycles. The van der Waals surface area contributed by atoms with Crippen molar-refractivity contribution in [3.63, 3.8) is 0 Å². The van der Waals surface area contributed by atoms with Crippen LogP contribution in [-0.2, 0) is 13.0 Å². The van der Waals surface area contributed by atoms with Crippen molar-refractivity contribution in [1.82, 2.24) is 4.57 Å². The summed E-state index contributed by atoms with van der Waals surface area (Å²) in [5, 5.41) is 9.27. The number of carbonyl (C=O) groups is 1. The largest absolute Gasteiger partial charge is 0.477 e. The quantitative estimate of drug-likeness (QED) is 0.880. The number of nitrogens with zero attached hydrogens (tertiary/aromatic N) is 1. The highest BCUT2D eigenvalue weighted by atomic mass is 35.5. The molecule has 0 atom stereocenters. The molecule has 0 amide bonds. The topological polar surface area (TPSA) is 59.3 Å². The second-order valence-electron chi connectivity index (χ2n) is 4.85. The Hall–Kier alpha value is -1.88. The molecule has 0 radical (unpaired) electrons. The number of fused-ring (bicyclic) bond motifs is 3. The molecule has 2 aromatic rings. The standard InChI is InChI=1S/C14H11ClFNO3/c15-8-6-11-7(5-9(8)16)13(18)12(14(19)20)10-3-1-2-4-17(10)11/h5-6H,1-4H2,(H,19,20). The minimum Gasteiger partial charge on any atom is -0.477 e. The number of hydrogen-bond acceptors (Lipinski definition) is 2. The van der Waals surface area contributed by atoms with Gasteiger partial charge in [-0.15, -0.1) is 0 Å². The Morgan fingerprint density at radius 1 is 1.35 bits per heavy atom. The highest BCUT2D eigenvalue weighted by Gasteiger charge is 2.24. The molecular weight excluding hydrogens is 285 g/mol. The number of benzene rings is 1. The highest BCUT2D eigenvalue weighted by Crippen LogP contribution is 2.26. The van der Waals surface area contributed by atoms with Gasteiger partial charge in [0.15, 0.2) is 0 Å². The third-order valence-electron chi connectivity index (χ3n) is 3.67. The summed E-state index contributed by atoms with van der Waals surface area (Å²) in [6.45, 7) is 0.606. The number of pyridine rings is 1. The molecule has 104 valence electrons. The second kappa shape index (κ2) is 4.59. The van der Waals surface area contributed by atoms with Gasteiger partial charge in [0, 0.05) is 17.6 Å². The first kappa shape index (κ1) is 13.1. The van der Waals surface area contributed by atoms with Gasteiger partial charge in [-0.05, 0) is 31.4 Å². The minimum atomic E-state index is -1.27. The number of aromatic nitrogens is 1. The first-order valence-electron chi connectivity index (χ1n) is 6.28. The Balaban J connectivity index is 2.53. The fourth-order valence-electron chi connectivity index (χ4n) is 2.79. The maximum absolute atomic E-state index is 13.6. The lowest BCUT2D eigenvalue weighted by atomic mass is 9.99. The number of aryl methyl sites for hydroxylation is 1. The van der Waals surface area contributed by atoms with Crippen LogP contribution < -0.4 is 5.43 Å². The van der Waals surface area contributed by atoms with Crippen LogP contribution in [0.5, 0.6) is 0 Å². The molecule has 4 nitrogen and oxygen atoms in total. The fraction of sp³-hybridized carbons (Fsp3) is 0.286. The van der Waals surface area contributed by atoms with Gasteiger partial charge in [-0.1, -0.05) is 11.6 Å². The van der Waals surface area contributed by atoms with Crippen molar-refractivity contribution in [2.45, 2.75) is 25.8 Å². The van der Waals surface area contributed by atoms with E-state index in [9.17, 15) is 19.1 Å². The van der Waals surface area contributed by atoms with E-state index in [1.54, 1.807) is 4.57 Å². The Morgan fingerprint density at radius 2 is 2.10 bits per heavy atom. The molecule has 6 heteroatoms. The molecule has 1 aliphatic heterocycles. The molecule has 0 unspecified atom stereocenters. The van der Waals surface area contributed by atoms with E-state index in [4.69, 9.17) is 11.6 Å². The normalized spacial score (nSPS) is 14.3. The summed E-state index contributed by atoms with van der Waals surface area (Å²) in [6.07, 6.45) is 2.25. The van der Waals surface area contributed by atoms with E-state index in [0.29, 0.717) is 24.2 Å². The third-order valence-corrected chi connectivity index (χ3v) is 3.96. The van der Waals surface area contributed by atoms with E-state index in [-0.39, 0.29) is 16.0 Å². The molecule has 0 spiro atoms. The van der Waals surface area contributed by atoms with Crippen molar-refractivity contribution in [3.05, 3.63) is 44.5 Å². The summed E-state index contributed by atoms with van der Waals surface area (Å²) in [4.78, 5) is 23.7. The molecule has 20 heavy (non-hydrogen) atoms. The maximum atomic E-state index is 13.6. The molecule has 1 N–H and O–H groups in total. The minimum absolute atomic E-state index is 0.0648. The molecule has 3 rings (SSSR count). The third kappa shape index (κ3) is 1.81. The lowest BCUT2D eigenvalue weighted by Crippen LogP contribution is -2.26. The van der Waals surface area contributed by atoms with Gasteiger partial charge in [-0.3, -0.25) is 4.79 Å². The van der Waals surface area contributed by atoms with Gasteiger partial charge in [0.1, 0.15) is 11.4 Å². The van der Waals surface area contributed by atoms with Crippen LogP contribution in [0.15, 0.2) is 16.9 Å². The number of carboxylic acids is 1. The summed E-state index contributed by atoms with van der Waals surface area (Å²) in [5.74, 6) is -1.98. The van der Waals surface area contributed by atoms with Crippen LogP contribution in [0.4, 0.5) is 4.39 Å². The number of hydrogen-bond donors (Lipinski definition) is 1. The zero-order valence-corrected chi connectivity index (χ0v) is 11.2. The molecule has 0 bridgehead atoms. The summed E-state index contributed by atoms with van der Waals surface area (Å²) >= 11 is 5.78. The van der Waals surface area contributed by atoms with E-state index in [1.165, 1.54) is 6.07 Å². The monoisotopic (exact) mass is 295 g/mol. The lowest BCUT2D eigenvalue weighted by Gasteiger charge is -2.23. The predicted molar refractivity (Wildman–Crippen MR) is 73.1 cm³/mol. The van der Waals surface area contributed by atoms with Gasteiger partial charge >= 0.3 is 5.97 Å². The first-order valence-corrected chi connectivity index (χ1v) is 6.66. The van der Waals surface area contributed by atoms with Gasteiger partial charge in [-0.2, -0.15) is 0 Å². The zero-order chi connectivity index (χ0) is 14.4. The lowest BCUT2D eigenvalue weighted by molar-refractivity contribution is 0.0693. The molecule has 1 aromatic heterocycles. The van der Waals surface area contributed by atoms with Crippen molar-refractivity contribution in [1.29, 1.82) is 0 Å². The molecule has 0 saturated heterocycles. The van der Waals surface area contributed by atoms with Crippen LogP contribution in [-0.4, -0.2) is 15.6 Å². The SMILES string of the molecule is O=C(O)c1c2n(c3cc(Cl)c(F)cc3c1=O)CCCC2. The maximum Gasteiger partial charge on any atom is 0.341 e. The predicted octanol–water partition coefficient (Wildman–Crippen LogP) is 2.83. The Labute approximate surface area is 118 Å². The average Bonchev–Trinajstić information content (AvgIpc) is 2.41. The molecule has 0 aliphatic carbocycles. The fourth-order valence-corrected chi connectivity index (χ4v) is 2.94. The Morgan fingerprint density at radius 3 is 2.80 bits per heavy atom. The van der Waals surface area contributed by atoms with Gasteiger partial charge in [-0.25, -0.2) is 9.18 Å². The van der Waals surface area contributed by atoms with Crippen LogP contribution in [0, 0.1) is 5.82 Å². The van der Waals surface area contributed by atoms with Gasteiger partial charge in [0.25, 0.3) is 0 Å². The van der Waals surface area contributed by atoms with Gasteiger partial charge < -0.3 is 9.67 Å². The highest BCUT2D eigenvalue weighted by molar-refractivity contribution is 6.31. The van der Waals surface area contributed by atoms with Crippen LogP contribution in [0.3, 0.4) is 0 Å². The van der Waals surface area contributed by atoms with Crippen molar-refractivity contribution in [2.75, 3.05) is 0 Å². The number of aromatic carboxylic acids is 1. The van der Waals surface area contributed by atoms with Crippen LogP contribution in [0.2, 0.25) is 5.02 Å². The van der Waals surface area contributed by atoms with E-state index < -0.39 is 17.2 Å². The zero-order valence-electron chi connectivity index (χ0n) is 10.4.